The number of hydrogen-bond donors (Lipinski definition) is 1. The normalized spacial score (nSPS) is 35.7. The molecular formula is C16H31N3. The summed E-state index contributed by atoms with van der Waals surface area (Å²) >= 11 is 0. The van der Waals surface area contributed by atoms with Gasteiger partial charge in [-0.2, -0.15) is 0 Å². The fourth-order valence-corrected chi connectivity index (χ4v) is 4.52. The Bertz CT molecular complexity index is 286. The van der Waals surface area contributed by atoms with Gasteiger partial charge in [0.1, 0.15) is 0 Å². The first kappa shape index (κ1) is 13.8. The zero-order chi connectivity index (χ0) is 13.2. The number of nitrogens with one attached hydrogen (secondary N) is 1. The molecule has 19 heavy (non-hydrogen) atoms. The van der Waals surface area contributed by atoms with E-state index < -0.39 is 0 Å². The summed E-state index contributed by atoms with van der Waals surface area (Å²) in [6, 6.07) is 2.35. The molecule has 3 saturated heterocycles. The molecule has 0 amide bonds. The van der Waals surface area contributed by atoms with Crippen LogP contribution in [0, 0.1) is 5.92 Å². The first-order chi connectivity index (χ1) is 9.28. The van der Waals surface area contributed by atoms with E-state index in [4.69, 9.17) is 0 Å². The van der Waals surface area contributed by atoms with Gasteiger partial charge in [0.2, 0.25) is 0 Å². The first-order valence-electron chi connectivity index (χ1n) is 8.50. The molecule has 1 N–H and O–H groups in total. The molecule has 3 heteroatoms. The van der Waals surface area contributed by atoms with E-state index >= 15 is 0 Å². The summed E-state index contributed by atoms with van der Waals surface area (Å²) < 4.78 is 0. The molecule has 3 aliphatic rings. The molecule has 0 aromatic carbocycles. The summed E-state index contributed by atoms with van der Waals surface area (Å²) in [5.74, 6) is 0.901. The molecule has 110 valence electrons. The van der Waals surface area contributed by atoms with E-state index in [1.54, 1.807) is 0 Å². The third-order valence-electron chi connectivity index (χ3n) is 5.87. The lowest BCUT2D eigenvalue weighted by Crippen LogP contribution is -2.48. The Balaban J connectivity index is 1.47. The van der Waals surface area contributed by atoms with Crippen LogP contribution in [0.25, 0.3) is 0 Å². The van der Waals surface area contributed by atoms with Gasteiger partial charge < -0.3 is 10.2 Å². The van der Waals surface area contributed by atoms with Crippen LogP contribution in [-0.4, -0.2) is 60.6 Å². The summed E-state index contributed by atoms with van der Waals surface area (Å²) in [4.78, 5) is 5.31. The summed E-state index contributed by atoms with van der Waals surface area (Å²) in [7, 11) is 0. The van der Waals surface area contributed by atoms with Crippen LogP contribution in [0.3, 0.4) is 0 Å². The van der Waals surface area contributed by atoms with Crippen molar-refractivity contribution in [3.05, 3.63) is 0 Å². The van der Waals surface area contributed by atoms with Gasteiger partial charge in [0.05, 0.1) is 0 Å². The van der Waals surface area contributed by atoms with Crippen LogP contribution in [0.5, 0.6) is 0 Å². The molecule has 0 aromatic heterocycles. The molecule has 3 heterocycles. The molecule has 3 fully saturated rings. The summed E-state index contributed by atoms with van der Waals surface area (Å²) in [5, 5.41) is 3.99. The highest BCUT2D eigenvalue weighted by Crippen LogP contribution is 2.29. The number of nitrogens with zero attached hydrogens (tertiary/aromatic N) is 2. The van der Waals surface area contributed by atoms with Gasteiger partial charge in [0.15, 0.2) is 0 Å². The van der Waals surface area contributed by atoms with Gasteiger partial charge in [0, 0.05) is 24.7 Å². The van der Waals surface area contributed by atoms with Gasteiger partial charge in [-0.3, -0.25) is 4.90 Å². The maximum absolute atomic E-state index is 3.99. The van der Waals surface area contributed by atoms with Crippen LogP contribution < -0.4 is 5.32 Å². The monoisotopic (exact) mass is 265 g/mol. The average molecular weight is 265 g/mol. The quantitative estimate of drug-likeness (QED) is 0.838. The maximum atomic E-state index is 3.99. The van der Waals surface area contributed by atoms with Gasteiger partial charge in [-0.1, -0.05) is 6.92 Å². The van der Waals surface area contributed by atoms with Crippen molar-refractivity contribution in [2.75, 3.05) is 32.7 Å². The van der Waals surface area contributed by atoms with Gasteiger partial charge in [0.25, 0.3) is 0 Å². The Morgan fingerprint density at radius 1 is 1.05 bits per heavy atom. The van der Waals surface area contributed by atoms with Crippen LogP contribution in [0.15, 0.2) is 0 Å². The maximum Gasteiger partial charge on any atom is 0.0250 e. The minimum atomic E-state index is 0.713. The van der Waals surface area contributed by atoms with Crippen LogP contribution in [-0.2, 0) is 0 Å². The number of hydrogen-bond acceptors (Lipinski definition) is 3. The van der Waals surface area contributed by atoms with E-state index in [1.165, 1.54) is 64.8 Å². The van der Waals surface area contributed by atoms with Crippen molar-refractivity contribution >= 4 is 0 Å². The van der Waals surface area contributed by atoms with Gasteiger partial charge in [-0.15, -0.1) is 0 Å². The van der Waals surface area contributed by atoms with Gasteiger partial charge >= 0.3 is 0 Å². The molecular weight excluding hydrogens is 234 g/mol. The first-order valence-corrected chi connectivity index (χ1v) is 8.50. The van der Waals surface area contributed by atoms with Crippen molar-refractivity contribution in [1.29, 1.82) is 0 Å². The smallest absolute Gasteiger partial charge is 0.0250 e. The highest BCUT2D eigenvalue weighted by Gasteiger charge is 2.38. The minimum absolute atomic E-state index is 0.713. The van der Waals surface area contributed by atoms with E-state index in [0.29, 0.717) is 6.04 Å². The van der Waals surface area contributed by atoms with Gasteiger partial charge in [-0.25, -0.2) is 0 Å². The van der Waals surface area contributed by atoms with Crippen molar-refractivity contribution in [1.82, 2.24) is 15.1 Å². The predicted molar refractivity (Wildman–Crippen MR) is 80.4 cm³/mol. The molecule has 0 saturated carbocycles. The van der Waals surface area contributed by atoms with Crippen molar-refractivity contribution < 1.29 is 0 Å². The van der Waals surface area contributed by atoms with Gasteiger partial charge in [-0.05, 0) is 71.1 Å². The lowest BCUT2D eigenvalue weighted by molar-refractivity contribution is 0.160. The molecule has 3 unspecified atom stereocenters. The summed E-state index contributed by atoms with van der Waals surface area (Å²) in [6.45, 7) is 11.3. The van der Waals surface area contributed by atoms with E-state index in [0.717, 1.165) is 18.0 Å². The molecule has 0 aliphatic carbocycles. The summed E-state index contributed by atoms with van der Waals surface area (Å²) in [6.07, 6.45) is 7.01. The van der Waals surface area contributed by atoms with Crippen LogP contribution in [0.2, 0.25) is 0 Å². The lowest BCUT2D eigenvalue weighted by atomic mass is 9.89. The SMILES string of the molecule is CCN1CCC(C(C)NC2CCN3CCCC23)CC1. The predicted octanol–water partition coefficient (Wildman–Crippen LogP) is 1.93. The molecule has 3 rings (SSSR count). The van der Waals surface area contributed by atoms with Crippen molar-refractivity contribution in [2.45, 2.75) is 64.1 Å². The fourth-order valence-electron chi connectivity index (χ4n) is 4.52. The molecule has 0 bridgehead atoms. The second kappa shape index (κ2) is 6.11. The third kappa shape index (κ3) is 2.98. The second-order valence-corrected chi connectivity index (χ2v) is 6.87. The van der Waals surface area contributed by atoms with E-state index in [1.807, 2.05) is 0 Å². The van der Waals surface area contributed by atoms with E-state index in [2.05, 4.69) is 29.0 Å². The largest absolute Gasteiger partial charge is 0.310 e. The number of fused-ring (bicyclic) bond motifs is 1. The lowest BCUT2D eigenvalue weighted by Gasteiger charge is -2.36. The number of likely N-dealkylation sites (tertiary alicyclic amines) is 1. The topological polar surface area (TPSA) is 18.5 Å². The Labute approximate surface area is 118 Å². The van der Waals surface area contributed by atoms with Crippen LogP contribution in [0.4, 0.5) is 0 Å². The van der Waals surface area contributed by atoms with E-state index in [-0.39, 0.29) is 0 Å². The Hall–Kier alpha value is -0.120. The van der Waals surface area contributed by atoms with Crippen LogP contribution >= 0.6 is 0 Å². The fraction of sp³-hybridized carbons (Fsp3) is 1.00. The summed E-state index contributed by atoms with van der Waals surface area (Å²) in [5.41, 5.74) is 0. The zero-order valence-corrected chi connectivity index (χ0v) is 12.8. The second-order valence-electron chi connectivity index (χ2n) is 6.87. The van der Waals surface area contributed by atoms with Crippen molar-refractivity contribution in [2.24, 2.45) is 5.92 Å². The molecule has 0 spiro atoms. The number of piperidine rings is 1. The average Bonchev–Trinajstić information content (AvgIpc) is 3.04. The Morgan fingerprint density at radius 2 is 1.84 bits per heavy atom. The molecule has 3 nitrogen and oxygen atoms in total. The number of rotatable bonds is 4. The molecule has 3 atom stereocenters. The molecule has 0 radical (unpaired) electrons. The minimum Gasteiger partial charge on any atom is -0.310 e. The highest BCUT2D eigenvalue weighted by atomic mass is 15.2. The molecule has 3 aliphatic heterocycles. The van der Waals surface area contributed by atoms with E-state index in [9.17, 15) is 0 Å². The Kier molecular flexibility index (Phi) is 4.45. The molecule has 0 aromatic rings. The highest BCUT2D eigenvalue weighted by molar-refractivity contribution is 4.97. The standard InChI is InChI=1S/C16H31N3/c1-3-18-10-6-14(7-11-18)13(2)17-15-8-12-19-9-4-5-16(15)19/h13-17H,3-12H2,1-2H3. The van der Waals surface area contributed by atoms with Crippen molar-refractivity contribution in [3.8, 4) is 0 Å². The Morgan fingerprint density at radius 3 is 2.58 bits per heavy atom. The van der Waals surface area contributed by atoms with Crippen molar-refractivity contribution in [3.63, 3.8) is 0 Å². The van der Waals surface area contributed by atoms with Crippen LogP contribution in [0.1, 0.15) is 46.0 Å². The zero-order valence-electron chi connectivity index (χ0n) is 12.8. The third-order valence-corrected chi connectivity index (χ3v) is 5.87.